The Morgan fingerprint density at radius 1 is 1.28 bits per heavy atom. The van der Waals surface area contributed by atoms with Crippen molar-refractivity contribution in [1.29, 1.82) is 0 Å². The summed E-state index contributed by atoms with van der Waals surface area (Å²) in [4.78, 5) is 3.70. The molecule has 5 heteroatoms. The van der Waals surface area contributed by atoms with Crippen LogP contribution in [0.1, 0.15) is 51.0 Å². The maximum Gasteiger partial charge on any atom is 0.574 e. The van der Waals surface area contributed by atoms with Gasteiger partial charge in [-0.15, -0.1) is 13.2 Å². The van der Waals surface area contributed by atoms with Gasteiger partial charge < -0.3 is 4.74 Å². The van der Waals surface area contributed by atoms with Gasteiger partial charge in [-0.1, -0.05) is 32.8 Å². The number of ether oxygens (including phenoxy) is 1. The van der Waals surface area contributed by atoms with E-state index in [9.17, 15) is 13.2 Å². The lowest BCUT2D eigenvalue weighted by molar-refractivity contribution is -0.276. The molecule has 1 heterocycles. The standard InChI is InChI=1S/C13H18F3NO/c1-3-5-6-10(4-2)11-7-8-12(17-9-11)18-13(14,15)16/h7-10H,3-6H2,1-2H3. The van der Waals surface area contributed by atoms with Gasteiger partial charge in [0.1, 0.15) is 0 Å². The second kappa shape index (κ2) is 6.61. The predicted molar refractivity (Wildman–Crippen MR) is 63.5 cm³/mol. The predicted octanol–water partition coefficient (Wildman–Crippen LogP) is 4.66. The quantitative estimate of drug-likeness (QED) is 0.742. The van der Waals surface area contributed by atoms with Crippen LogP contribution in [0.3, 0.4) is 0 Å². The fraction of sp³-hybridized carbons (Fsp3) is 0.615. The van der Waals surface area contributed by atoms with Crippen LogP contribution in [-0.2, 0) is 0 Å². The van der Waals surface area contributed by atoms with Gasteiger partial charge in [0, 0.05) is 12.3 Å². The van der Waals surface area contributed by atoms with E-state index in [2.05, 4.69) is 23.6 Å². The van der Waals surface area contributed by atoms with Crippen LogP contribution in [0.15, 0.2) is 18.3 Å². The Labute approximate surface area is 105 Å². The van der Waals surface area contributed by atoms with Gasteiger partial charge in [0.05, 0.1) is 0 Å². The lowest BCUT2D eigenvalue weighted by Crippen LogP contribution is -2.17. The summed E-state index contributed by atoms with van der Waals surface area (Å²) in [6, 6.07) is 2.94. The first-order chi connectivity index (χ1) is 8.46. The van der Waals surface area contributed by atoms with Crippen LogP contribution in [0.25, 0.3) is 0 Å². The third-order valence-corrected chi connectivity index (χ3v) is 2.85. The fourth-order valence-electron chi connectivity index (χ4n) is 1.87. The minimum absolute atomic E-state index is 0.359. The number of pyridine rings is 1. The number of unbranched alkanes of at least 4 members (excludes halogenated alkanes) is 1. The van der Waals surface area contributed by atoms with E-state index in [1.54, 1.807) is 6.07 Å². The summed E-state index contributed by atoms with van der Waals surface area (Å²) in [6.45, 7) is 4.19. The van der Waals surface area contributed by atoms with E-state index in [4.69, 9.17) is 0 Å². The number of rotatable bonds is 6. The number of aromatic nitrogens is 1. The zero-order valence-electron chi connectivity index (χ0n) is 10.6. The second-order valence-corrected chi connectivity index (χ2v) is 4.22. The van der Waals surface area contributed by atoms with Gasteiger partial charge in [-0.3, -0.25) is 0 Å². The van der Waals surface area contributed by atoms with Crippen LogP contribution in [0.2, 0.25) is 0 Å². The monoisotopic (exact) mass is 261 g/mol. The molecule has 1 aromatic rings. The van der Waals surface area contributed by atoms with Gasteiger partial charge in [0.25, 0.3) is 0 Å². The molecule has 0 aliphatic carbocycles. The first-order valence-electron chi connectivity index (χ1n) is 6.18. The molecule has 1 aromatic heterocycles. The number of nitrogens with zero attached hydrogens (tertiary/aromatic N) is 1. The van der Waals surface area contributed by atoms with Gasteiger partial charge in [-0.05, 0) is 24.3 Å². The van der Waals surface area contributed by atoms with Crippen molar-refractivity contribution in [2.45, 2.75) is 51.8 Å². The van der Waals surface area contributed by atoms with E-state index in [-0.39, 0.29) is 0 Å². The third-order valence-electron chi connectivity index (χ3n) is 2.85. The fourth-order valence-corrected chi connectivity index (χ4v) is 1.87. The zero-order chi connectivity index (χ0) is 13.6. The minimum atomic E-state index is -4.68. The van der Waals surface area contributed by atoms with Crippen molar-refractivity contribution in [3.05, 3.63) is 23.9 Å². The second-order valence-electron chi connectivity index (χ2n) is 4.22. The Morgan fingerprint density at radius 2 is 2.00 bits per heavy atom. The summed E-state index contributed by atoms with van der Waals surface area (Å²) >= 11 is 0. The highest BCUT2D eigenvalue weighted by molar-refractivity contribution is 5.21. The van der Waals surface area contributed by atoms with Crippen molar-refractivity contribution in [2.75, 3.05) is 0 Å². The normalized spacial score (nSPS) is 13.4. The molecule has 0 amide bonds. The van der Waals surface area contributed by atoms with E-state index in [0.717, 1.165) is 31.2 Å². The molecule has 0 aliphatic heterocycles. The molecular weight excluding hydrogens is 243 g/mol. The number of alkyl halides is 3. The molecule has 2 nitrogen and oxygen atoms in total. The van der Waals surface area contributed by atoms with Crippen LogP contribution >= 0.6 is 0 Å². The third kappa shape index (κ3) is 4.94. The number of hydrogen-bond donors (Lipinski definition) is 0. The molecule has 1 rings (SSSR count). The van der Waals surface area contributed by atoms with Crippen LogP contribution in [0.4, 0.5) is 13.2 Å². The van der Waals surface area contributed by atoms with Gasteiger partial charge in [0.15, 0.2) is 0 Å². The Kier molecular flexibility index (Phi) is 5.44. The summed E-state index contributed by atoms with van der Waals surface area (Å²) in [6.07, 6.45) is 1.01. The summed E-state index contributed by atoms with van der Waals surface area (Å²) in [5.41, 5.74) is 0.973. The van der Waals surface area contributed by atoms with E-state index in [1.807, 2.05) is 0 Å². The number of hydrogen-bond acceptors (Lipinski definition) is 2. The lowest BCUT2D eigenvalue weighted by Gasteiger charge is -2.15. The van der Waals surface area contributed by atoms with E-state index in [1.165, 1.54) is 12.3 Å². The molecule has 0 aliphatic rings. The highest BCUT2D eigenvalue weighted by Gasteiger charge is 2.31. The summed E-state index contributed by atoms with van der Waals surface area (Å²) in [5.74, 6) is -0.0472. The summed E-state index contributed by atoms with van der Waals surface area (Å²) in [5, 5.41) is 0. The van der Waals surface area contributed by atoms with Gasteiger partial charge in [-0.25, -0.2) is 4.98 Å². The zero-order valence-corrected chi connectivity index (χ0v) is 10.6. The summed E-state index contributed by atoms with van der Waals surface area (Å²) < 4.78 is 39.7. The molecule has 0 bridgehead atoms. The smallest absolute Gasteiger partial charge is 0.388 e. The lowest BCUT2D eigenvalue weighted by atomic mass is 9.93. The Bertz CT molecular complexity index is 348. The molecule has 1 atom stereocenters. The average Bonchev–Trinajstić information content (AvgIpc) is 2.30. The number of halogens is 3. The maximum atomic E-state index is 12.0. The molecule has 0 aromatic carbocycles. The molecular formula is C13H18F3NO. The van der Waals surface area contributed by atoms with Crippen LogP contribution in [0.5, 0.6) is 5.88 Å². The SMILES string of the molecule is CCCCC(CC)c1ccc(OC(F)(F)F)nc1. The van der Waals surface area contributed by atoms with Crippen molar-refractivity contribution < 1.29 is 17.9 Å². The van der Waals surface area contributed by atoms with E-state index in [0.29, 0.717) is 5.92 Å². The maximum absolute atomic E-state index is 12.0. The van der Waals surface area contributed by atoms with Crippen molar-refractivity contribution in [3.63, 3.8) is 0 Å². The average molecular weight is 261 g/mol. The first-order valence-corrected chi connectivity index (χ1v) is 6.18. The van der Waals surface area contributed by atoms with Crippen molar-refractivity contribution in [1.82, 2.24) is 4.98 Å². The van der Waals surface area contributed by atoms with Crippen LogP contribution < -0.4 is 4.74 Å². The highest BCUT2D eigenvalue weighted by Crippen LogP contribution is 2.27. The summed E-state index contributed by atoms with van der Waals surface area (Å²) in [7, 11) is 0. The van der Waals surface area contributed by atoms with Gasteiger partial charge in [0.2, 0.25) is 5.88 Å². The largest absolute Gasteiger partial charge is 0.574 e. The molecule has 0 spiro atoms. The molecule has 0 radical (unpaired) electrons. The van der Waals surface area contributed by atoms with Crippen molar-refractivity contribution in [3.8, 4) is 5.88 Å². The Morgan fingerprint density at radius 3 is 2.44 bits per heavy atom. The van der Waals surface area contributed by atoms with Crippen LogP contribution in [-0.4, -0.2) is 11.3 Å². The Hall–Kier alpha value is -1.26. The van der Waals surface area contributed by atoms with Crippen molar-refractivity contribution >= 4 is 0 Å². The molecule has 18 heavy (non-hydrogen) atoms. The van der Waals surface area contributed by atoms with Gasteiger partial charge >= 0.3 is 6.36 Å². The molecule has 102 valence electrons. The molecule has 0 fully saturated rings. The van der Waals surface area contributed by atoms with E-state index < -0.39 is 12.2 Å². The molecule has 0 saturated heterocycles. The van der Waals surface area contributed by atoms with Crippen molar-refractivity contribution in [2.24, 2.45) is 0 Å². The molecule has 1 unspecified atom stereocenters. The Balaban J connectivity index is 2.68. The first kappa shape index (κ1) is 14.8. The van der Waals surface area contributed by atoms with Gasteiger partial charge in [-0.2, -0.15) is 0 Å². The highest BCUT2D eigenvalue weighted by atomic mass is 19.4. The topological polar surface area (TPSA) is 22.1 Å². The van der Waals surface area contributed by atoms with E-state index >= 15 is 0 Å². The minimum Gasteiger partial charge on any atom is -0.388 e. The molecule has 0 N–H and O–H groups in total. The van der Waals surface area contributed by atoms with Crippen LogP contribution in [0, 0.1) is 0 Å². The molecule has 0 saturated carbocycles.